The van der Waals surface area contributed by atoms with Crippen LogP contribution in [0.1, 0.15) is 32.1 Å². The molecule has 3 atom stereocenters. The second-order valence-corrected chi connectivity index (χ2v) is 5.34. The number of ether oxygens (including phenoxy) is 1. The van der Waals surface area contributed by atoms with Crippen molar-refractivity contribution in [2.45, 2.75) is 38.2 Å². The molecule has 1 amide bonds. The summed E-state index contributed by atoms with van der Waals surface area (Å²) in [6, 6.07) is 0. The van der Waals surface area contributed by atoms with Crippen LogP contribution in [0.15, 0.2) is 0 Å². The molecule has 1 saturated carbocycles. The van der Waals surface area contributed by atoms with Gasteiger partial charge in [-0.15, -0.1) is 0 Å². The van der Waals surface area contributed by atoms with E-state index in [1.54, 1.807) is 7.11 Å². The fraction of sp³-hybridized carbons (Fsp3) is 0.923. The van der Waals surface area contributed by atoms with Gasteiger partial charge in [0.25, 0.3) is 5.91 Å². The van der Waals surface area contributed by atoms with Crippen LogP contribution in [0.25, 0.3) is 0 Å². The fourth-order valence-electron chi connectivity index (χ4n) is 3.30. The standard InChI is InChI=1S/C13H24N2O2/c1-17-12(8-14)13(16)15-7-6-10-4-2-3-5-11(10)9-15/h10-12H,2-9,14H2,1H3. The molecule has 1 aliphatic carbocycles. The molecule has 4 nitrogen and oxygen atoms in total. The molecule has 0 radical (unpaired) electrons. The van der Waals surface area contributed by atoms with Crippen LogP contribution in [-0.4, -0.2) is 43.7 Å². The summed E-state index contributed by atoms with van der Waals surface area (Å²) >= 11 is 0. The second kappa shape index (κ2) is 5.83. The molecule has 3 unspecified atom stereocenters. The third kappa shape index (κ3) is 2.80. The summed E-state index contributed by atoms with van der Waals surface area (Å²) in [6.07, 6.45) is 6.06. The third-order valence-corrected chi connectivity index (χ3v) is 4.38. The summed E-state index contributed by atoms with van der Waals surface area (Å²) < 4.78 is 5.13. The highest BCUT2D eigenvalue weighted by Crippen LogP contribution is 2.36. The van der Waals surface area contributed by atoms with Crippen molar-refractivity contribution >= 4 is 5.91 Å². The highest BCUT2D eigenvalue weighted by molar-refractivity contribution is 5.81. The van der Waals surface area contributed by atoms with E-state index >= 15 is 0 Å². The van der Waals surface area contributed by atoms with Gasteiger partial charge < -0.3 is 15.4 Å². The Morgan fingerprint density at radius 3 is 2.71 bits per heavy atom. The summed E-state index contributed by atoms with van der Waals surface area (Å²) in [6.45, 7) is 2.09. The predicted molar refractivity (Wildman–Crippen MR) is 66.5 cm³/mol. The fourth-order valence-corrected chi connectivity index (χ4v) is 3.30. The van der Waals surface area contributed by atoms with E-state index in [0.29, 0.717) is 0 Å². The number of fused-ring (bicyclic) bond motifs is 1. The van der Waals surface area contributed by atoms with Gasteiger partial charge in [-0.1, -0.05) is 19.3 Å². The van der Waals surface area contributed by atoms with Crippen LogP contribution in [-0.2, 0) is 9.53 Å². The van der Waals surface area contributed by atoms with Gasteiger partial charge in [-0.2, -0.15) is 0 Å². The van der Waals surface area contributed by atoms with Crippen LogP contribution in [0, 0.1) is 11.8 Å². The maximum Gasteiger partial charge on any atom is 0.253 e. The van der Waals surface area contributed by atoms with Gasteiger partial charge in [-0.3, -0.25) is 4.79 Å². The maximum absolute atomic E-state index is 12.2. The molecule has 1 aliphatic heterocycles. The number of carbonyl (C=O) groups excluding carboxylic acids is 1. The minimum absolute atomic E-state index is 0.0824. The Hall–Kier alpha value is -0.610. The minimum Gasteiger partial charge on any atom is -0.370 e. The van der Waals surface area contributed by atoms with Crippen LogP contribution in [0.2, 0.25) is 0 Å². The second-order valence-electron chi connectivity index (χ2n) is 5.34. The first-order chi connectivity index (χ1) is 8.26. The van der Waals surface area contributed by atoms with Crippen molar-refractivity contribution in [3.8, 4) is 0 Å². The number of hydrogen-bond donors (Lipinski definition) is 1. The van der Waals surface area contributed by atoms with E-state index < -0.39 is 6.10 Å². The summed E-state index contributed by atoms with van der Waals surface area (Å²) in [7, 11) is 1.56. The molecule has 1 heterocycles. The van der Waals surface area contributed by atoms with Gasteiger partial charge >= 0.3 is 0 Å². The lowest BCUT2D eigenvalue weighted by molar-refractivity contribution is -0.144. The largest absolute Gasteiger partial charge is 0.370 e. The molecule has 2 fully saturated rings. The highest BCUT2D eigenvalue weighted by atomic mass is 16.5. The number of piperidine rings is 1. The number of nitrogens with two attached hydrogens (primary N) is 1. The van der Waals surface area contributed by atoms with Crippen LogP contribution in [0.5, 0.6) is 0 Å². The number of methoxy groups -OCH3 is 1. The summed E-state index contributed by atoms with van der Waals surface area (Å²) in [5.41, 5.74) is 5.55. The lowest BCUT2D eigenvalue weighted by atomic mass is 9.75. The van der Waals surface area contributed by atoms with E-state index in [9.17, 15) is 4.79 Å². The van der Waals surface area contributed by atoms with Crippen molar-refractivity contribution in [1.29, 1.82) is 0 Å². The minimum atomic E-state index is -0.449. The molecule has 17 heavy (non-hydrogen) atoms. The van der Waals surface area contributed by atoms with E-state index in [0.717, 1.165) is 31.3 Å². The van der Waals surface area contributed by atoms with E-state index in [-0.39, 0.29) is 12.5 Å². The van der Waals surface area contributed by atoms with Crippen molar-refractivity contribution in [2.24, 2.45) is 17.6 Å². The summed E-state index contributed by atoms with van der Waals surface area (Å²) in [4.78, 5) is 14.1. The van der Waals surface area contributed by atoms with Crippen LogP contribution in [0.3, 0.4) is 0 Å². The summed E-state index contributed by atoms with van der Waals surface area (Å²) in [5, 5.41) is 0. The Morgan fingerprint density at radius 1 is 1.35 bits per heavy atom. The number of amides is 1. The van der Waals surface area contributed by atoms with E-state index in [4.69, 9.17) is 10.5 Å². The molecule has 0 bridgehead atoms. The highest BCUT2D eigenvalue weighted by Gasteiger charge is 2.34. The van der Waals surface area contributed by atoms with Gasteiger partial charge in [0.1, 0.15) is 6.10 Å². The Kier molecular flexibility index (Phi) is 4.40. The lowest BCUT2D eigenvalue weighted by Crippen LogP contribution is -2.50. The van der Waals surface area contributed by atoms with Gasteiger partial charge in [-0.05, 0) is 24.7 Å². The van der Waals surface area contributed by atoms with Crippen molar-refractivity contribution in [1.82, 2.24) is 4.90 Å². The number of rotatable bonds is 3. The third-order valence-electron chi connectivity index (χ3n) is 4.38. The Balaban J connectivity index is 1.92. The van der Waals surface area contributed by atoms with E-state index in [1.807, 2.05) is 4.90 Å². The number of nitrogens with zero attached hydrogens (tertiary/aromatic N) is 1. The quantitative estimate of drug-likeness (QED) is 0.800. The smallest absolute Gasteiger partial charge is 0.253 e. The Bertz CT molecular complexity index is 266. The van der Waals surface area contributed by atoms with E-state index in [2.05, 4.69) is 0 Å². The normalized spacial score (nSPS) is 30.8. The molecule has 98 valence electrons. The molecule has 4 heteroatoms. The maximum atomic E-state index is 12.2. The molecule has 2 N–H and O–H groups in total. The first-order valence-electron chi connectivity index (χ1n) is 6.78. The summed E-state index contributed by atoms with van der Waals surface area (Å²) in [5.74, 6) is 1.66. The Morgan fingerprint density at radius 2 is 2.06 bits per heavy atom. The van der Waals surface area contributed by atoms with Gasteiger partial charge in [-0.25, -0.2) is 0 Å². The van der Waals surface area contributed by atoms with Crippen molar-refractivity contribution < 1.29 is 9.53 Å². The first-order valence-corrected chi connectivity index (χ1v) is 6.78. The molecule has 2 rings (SSSR count). The molecule has 2 aliphatic rings. The van der Waals surface area contributed by atoms with Gasteiger partial charge in [0.15, 0.2) is 0 Å². The van der Waals surface area contributed by atoms with Gasteiger partial charge in [0.05, 0.1) is 0 Å². The lowest BCUT2D eigenvalue weighted by Gasteiger charge is -2.42. The average molecular weight is 240 g/mol. The van der Waals surface area contributed by atoms with Crippen molar-refractivity contribution in [3.05, 3.63) is 0 Å². The zero-order valence-electron chi connectivity index (χ0n) is 10.7. The SMILES string of the molecule is COC(CN)C(=O)N1CCC2CCCCC2C1. The Labute approximate surface area is 103 Å². The van der Waals surface area contributed by atoms with Gasteiger partial charge in [0.2, 0.25) is 0 Å². The van der Waals surface area contributed by atoms with Gasteiger partial charge in [0, 0.05) is 26.7 Å². The number of hydrogen-bond acceptors (Lipinski definition) is 3. The zero-order chi connectivity index (χ0) is 12.3. The van der Waals surface area contributed by atoms with Crippen LogP contribution >= 0.6 is 0 Å². The average Bonchev–Trinajstić information content (AvgIpc) is 2.39. The van der Waals surface area contributed by atoms with Crippen molar-refractivity contribution in [3.63, 3.8) is 0 Å². The molecule has 0 spiro atoms. The molecule has 1 saturated heterocycles. The molecule has 0 aromatic heterocycles. The molecule has 0 aromatic carbocycles. The van der Waals surface area contributed by atoms with Crippen molar-refractivity contribution in [2.75, 3.05) is 26.7 Å². The monoisotopic (exact) mass is 240 g/mol. The number of carbonyl (C=O) groups is 1. The first kappa shape index (κ1) is 12.8. The predicted octanol–water partition coefficient (Wildman–Crippen LogP) is 0.999. The van der Waals surface area contributed by atoms with Crippen LogP contribution in [0.4, 0.5) is 0 Å². The van der Waals surface area contributed by atoms with Crippen LogP contribution < -0.4 is 5.73 Å². The number of likely N-dealkylation sites (tertiary alicyclic amines) is 1. The molecular weight excluding hydrogens is 216 g/mol. The zero-order valence-corrected chi connectivity index (χ0v) is 10.7. The topological polar surface area (TPSA) is 55.6 Å². The van der Waals surface area contributed by atoms with E-state index in [1.165, 1.54) is 25.7 Å². The molecular formula is C13H24N2O2. The molecule has 0 aromatic rings.